The predicted molar refractivity (Wildman–Crippen MR) is 230 cm³/mol. The summed E-state index contributed by atoms with van der Waals surface area (Å²) in [6.45, 7) is 1.25. The van der Waals surface area contributed by atoms with Crippen molar-refractivity contribution in [1.29, 1.82) is 0 Å². The van der Waals surface area contributed by atoms with Crippen molar-refractivity contribution in [3.63, 3.8) is 0 Å². The second-order valence-corrected chi connectivity index (χ2v) is 15.0. The van der Waals surface area contributed by atoms with Gasteiger partial charge in [-0.05, 0) is 74.9 Å². The van der Waals surface area contributed by atoms with Crippen LogP contribution in [0.2, 0.25) is 0 Å². The van der Waals surface area contributed by atoms with E-state index in [1.165, 1.54) is 53.6 Å². The molecule has 342 valence electrons. The number of piperidine rings is 2. The number of hydrogen-bond acceptors (Lipinski definition) is 8. The van der Waals surface area contributed by atoms with E-state index in [1.54, 1.807) is 52.3 Å². The summed E-state index contributed by atoms with van der Waals surface area (Å²) >= 11 is 0. The smallest absolute Gasteiger partial charge is 0.471 e. The second-order valence-electron chi connectivity index (χ2n) is 15.0. The summed E-state index contributed by atoms with van der Waals surface area (Å²) in [5, 5.41) is 1.46. The molecule has 6 rings (SSSR count). The molecule has 2 heterocycles. The van der Waals surface area contributed by atoms with Gasteiger partial charge >= 0.3 is 24.1 Å². The van der Waals surface area contributed by atoms with Gasteiger partial charge in [-0.15, -0.1) is 0 Å². The topological polar surface area (TPSA) is 155 Å². The molecule has 4 aromatic rings. The fraction of sp³-hybridized carbons (Fsp3) is 0.370. The Kier molecular flexibility index (Phi) is 17.2. The number of amides is 5. The van der Waals surface area contributed by atoms with E-state index >= 15 is 0 Å². The lowest BCUT2D eigenvalue weighted by Gasteiger charge is -2.33. The van der Waals surface area contributed by atoms with Gasteiger partial charge in [-0.3, -0.25) is 24.2 Å². The lowest BCUT2D eigenvalue weighted by molar-refractivity contribution is -0.173. The van der Waals surface area contributed by atoms with E-state index in [-0.39, 0.29) is 54.2 Å². The highest BCUT2D eigenvalue weighted by Gasteiger charge is 2.38. The number of ether oxygens (including phenoxy) is 2. The van der Waals surface area contributed by atoms with Crippen molar-refractivity contribution in [2.24, 2.45) is 5.73 Å². The molecule has 13 nitrogen and oxygen atoms in total. The first-order valence-electron chi connectivity index (χ1n) is 20.7. The van der Waals surface area contributed by atoms with Crippen molar-refractivity contribution in [1.82, 2.24) is 15.1 Å². The number of hydrogen-bond donors (Lipinski definition) is 2. The number of para-hydroxylation sites is 4. The van der Waals surface area contributed by atoms with Crippen molar-refractivity contribution in [3.05, 3.63) is 119 Å². The Morgan fingerprint density at radius 3 is 1.41 bits per heavy atom. The number of methoxy groups -OCH3 is 2. The molecule has 64 heavy (non-hydrogen) atoms. The maximum atomic E-state index is 15.0. The monoisotopic (exact) mass is 894 g/mol. The van der Waals surface area contributed by atoms with Crippen LogP contribution in [-0.2, 0) is 17.9 Å². The van der Waals surface area contributed by atoms with Gasteiger partial charge in [0.1, 0.15) is 23.1 Å². The first kappa shape index (κ1) is 48.5. The molecule has 0 aliphatic carbocycles. The van der Waals surface area contributed by atoms with Crippen LogP contribution in [0.25, 0.3) is 0 Å². The zero-order chi connectivity index (χ0) is 46.4. The van der Waals surface area contributed by atoms with E-state index in [0.717, 1.165) is 44.6 Å². The lowest BCUT2D eigenvalue weighted by Crippen LogP contribution is -2.45. The van der Waals surface area contributed by atoms with Crippen LogP contribution < -0.4 is 30.3 Å². The van der Waals surface area contributed by atoms with E-state index in [0.29, 0.717) is 54.6 Å². The number of Topliss-reactive ketones (excluding diaryl/α,β-unsaturated/α-hetero) is 2. The number of nitrogens with two attached hydrogens (primary N) is 1. The van der Waals surface area contributed by atoms with Crippen molar-refractivity contribution >= 4 is 40.9 Å². The number of ketones is 2. The Hall–Kier alpha value is -6.56. The number of anilines is 2. The fourth-order valence-corrected chi connectivity index (χ4v) is 7.25. The highest BCUT2D eigenvalue weighted by molar-refractivity contribution is 6.00. The standard InChI is InChI=1S/C24H25F4N3O4.C22H26FN3O3/c1-35-21-8-4-3-7-19(21)31(23(34)30-11-5-2-6-12-30)15-17-10-9-16(13-18(17)25)20(32)14-29-22(33)24(26,27)28;1-29-21-8-4-3-7-19(21)26(22(28)25-11-5-2-6-12-25)15-17-10-9-16(13-18(17)23)20(27)14-24/h3-4,7-10,13H,2,5-6,11-12,14-15H2,1H3,(H,29,33);3-4,7-10,13H,2,5-6,11-12,14-15,24H2,1H3. The molecule has 0 unspecified atom stereocenters. The molecular weight excluding hydrogens is 844 g/mol. The van der Waals surface area contributed by atoms with Crippen LogP contribution in [0, 0.1) is 11.6 Å². The van der Waals surface area contributed by atoms with Crippen LogP contribution in [0.1, 0.15) is 70.4 Å². The minimum Gasteiger partial charge on any atom is -0.495 e. The van der Waals surface area contributed by atoms with Gasteiger partial charge in [0.25, 0.3) is 0 Å². The van der Waals surface area contributed by atoms with Gasteiger partial charge in [-0.25, -0.2) is 18.4 Å². The summed E-state index contributed by atoms with van der Waals surface area (Å²) in [5.74, 6) is -3.88. The normalized spacial score (nSPS) is 13.8. The first-order chi connectivity index (χ1) is 30.7. The molecule has 0 radical (unpaired) electrons. The van der Waals surface area contributed by atoms with E-state index in [4.69, 9.17) is 15.2 Å². The summed E-state index contributed by atoms with van der Waals surface area (Å²) in [4.78, 5) is 67.9. The highest BCUT2D eigenvalue weighted by Crippen LogP contribution is 2.33. The summed E-state index contributed by atoms with van der Waals surface area (Å²) in [5.41, 5.74) is 6.80. The third-order valence-corrected chi connectivity index (χ3v) is 10.7. The minimum absolute atomic E-state index is 0.0264. The van der Waals surface area contributed by atoms with Crippen LogP contribution >= 0.6 is 0 Å². The number of benzene rings is 4. The number of urea groups is 2. The highest BCUT2D eigenvalue weighted by atomic mass is 19.4. The van der Waals surface area contributed by atoms with Crippen molar-refractivity contribution in [2.45, 2.75) is 57.8 Å². The molecule has 0 bridgehead atoms. The third kappa shape index (κ3) is 12.5. The summed E-state index contributed by atoms with van der Waals surface area (Å²) in [6, 6.07) is 21.2. The van der Waals surface area contributed by atoms with Gasteiger partial charge < -0.3 is 30.3 Å². The summed E-state index contributed by atoms with van der Waals surface area (Å²) in [6.07, 6.45) is 0.628. The van der Waals surface area contributed by atoms with Gasteiger partial charge in [0.2, 0.25) is 0 Å². The number of likely N-dealkylation sites (tertiary alicyclic amines) is 2. The van der Waals surface area contributed by atoms with E-state index < -0.39 is 36.0 Å². The molecule has 3 N–H and O–H groups in total. The van der Waals surface area contributed by atoms with Gasteiger partial charge in [-0.2, -0.15) is 13.2 Å². The average Bonchev–Trinajstić information content (AvgIpc) is 3.32. The average molecular weight is 895 g/mol. The Balaban J connectivity index is 0.000000245. The van der Waals surface area contributed by atoms with Crippen LogP contribution in [0.3, 0.4) is 0 Å². The van der Waals surface area contributed by atoms with Crippen LogP contribution in [0.15, 0.2) is 84.9 Å². The predicted octanol–water partition coefficient (Wildman–Crippen LogP) is 7.90. The number of carbonyl (C=O) groups excluding carboxylic acids is 5. The fourth-order valence-electron chi connectivity index (χ4n) is 7.25. The molecule has 0 aromatic heterocycles. The lowest BCUT2D eigenvalue weighted by atomic mass is 10.1. The van der Waals surface area contributed by atoms with Gasteiger partial charge in [-0.1, -0.05) is 48.5 Å². The van der Waals surface area contributed by atoms with E-state index in [1.807, 2.05) is 12.1 Å². The quantitative estimate of drug-likeness (QED) is 0.102. The van der Waals surface area contributed by atoms with E-state index in [2.05, 4.69) is 0 Å². The SMILES string of the molecule is COc1ccccc1N(Cc1ccc(C(=O)CN)cc1F)C(=O)N1CCCCC1.COc1ccccc1N(Cc1ccc(C(=O)CNC(=O)C(F)(F)F)cc1F)C(=O)N1CCCCC1. The van der Waals surface area contributed by atoms with Crippen molar-refractivity contribution in [3.8, 4) is 11.5 Å². The largest absolute Gasteiger partial charge is 0.495 e. The number of halogens is 5. The van der Waals surface area contributed by atoms with Gasteiger partial charge in [0, 0.05) is 48.4 Å². The van der Waals surface area contributed by atoms with Crippen LogP contribution in [0.4, 0.5) is 42.9 Å². The number of carbonyl (C=O) groups is 5. The summed E-state index contributed by atoms with van der Waals surface area (Å²) in [7, 11) is 3.00. The number of nitrogens with zero attached hydrogens (tertiary/aromatic N) is 4. The molecule has 0 spiro atoms. The third-order valence-electron chi connectivity index (χ3n) is 10.7. The van der Waals surface area contributed by atoms with Crippen molar-refractivity contribution < 1.29 is 55.4 Å². The number of alkyl halides is 3. The second kappa shape index (κ2) is 22.7. The number of rotatable bonds is 13. The molecule has 5 amide bonds. The molecule has 0 atom stereocenters. The Morgan fingerprint density at radius 1 is 0.625 bits per heavy atom. The van der Waals surface area contributed by atoms with Crippen molar-refractivity contribution in [2.75, 3.05) is 63.3 Å². The van der Waals surface area contributed by atoms with Gasteiger partial charge in [0.05, 0.1) is 51.8 Å². The Morgan fingerprint density at radius 2 is 1.03 bits per heavy atom. The molecule has 2 aliphatic rings. The molecule has 18 heteroatoms. The summed E-state index contributed by atoms with van der Waals surface area (Å²) < 4.78 is 77.4. The molecule has 2 aliphatic heterocycles. The zero-order valence-electron chi connectivity index (χ0n) is 35.6. The maximum Gasteiger partial charge on any atom is 0.471 e. The minimum atomic E-state index is -5.13. The number of nitrogens with one attached hydrogen (secondary N) is 1. The molecule has 2 fully saturated rings. The molecular formula is C46H51F5N6O7. The Bertz CT molecular complexity index is 2280. The van der Waals surface area contributed by atoms with E-state index in [9.17, 15) is 45.9 Å². The molecule has 0 saturated carbocycles. The maximum absolute atomic E-state index is 15.0. The molecule has 4 aromatic carbocycles. The van der Waals surface area contributed by atoms with Gasteiger partial charge in [0.15, 0.2) is 11.6 Å². The molecule has 2 saturated heterocycles. The zero-order valence-corrected chi connectivity index (χ0v) is 35.6. The van der Waals surface area contributed by atoms with Crippen LogP contribution in [0.5, 0.6) is 11.5 Å². The Labute approximate surface area is 367 Å². The first-order valence-corrected chi connectivity index (χ1v) is 20.7. The van der Waals surface area contributed by atoms with Crippen LogP contribution in [-0.4, -0.2) is 99.0 Å².